The Morgan fingerprint density at radius 3 is 2.35 bits per heavy atom. The zero-order valence-corrected chi connectivity index (χ0v) is 21.0. The number of anilines is 1. The highest BCUT2D eigenvalue weighted by molar-refractivity contribution is 14.0. The predicted molar refractivity (Wildman–Crippen MR) is 137 cm³/mol. The molecule has 1 fully saturated rings. The molecule has 0 spiro atoms. The Morgan fingerprint density at radius 1 is 1.10 bits per heavy atom. The number of piperazine rings is 1. The maximum Gasteiger partial charge on any atom is 0.253 e. The van der Waals surface area contributed by atoms with Gasteiger partial charge in [0, 0.05) is 71.2 Å². The monoisotopic (exact) mass is 537 g/mol. The van der Waals surface area contributed by atoms with Gasteiger partial charge in [0.15, 0.2) is 5.96 Å². The van der Waals surface area contributed by atoms with Gasteiger partial charge in [0.1, 0.15) is 5.75 Å². The van der Waals surface area contributed by atoms with Crippen LogP contribution in [0.4, 0.5) is 5.69 Å². The summed E-state index contributed by atoms with van der Waals surface area (Å²) in [6.07, 6.45) is 0. The molecule has 0 aliphatic carbocycles. The van der Waals surface area contributed by atoms with Crippen molar-refractivity contribution in [1.29, 1.82) is 0 Å². The number of guanidine groups is 1. The fourth-order valence-corrected chi connectivity index (χ4v) is 3.52. The van der Waals surface area contributed by atoms with E-state index in [0.717, 1.165) is 43.5 Å². The normalized spacial score (nSPS) is 14.0. The molecule has 0 radical (unpaired) electrons. The number of amides is 1. The highest BCUT2D eigenvalue weighted by Crippen LogP contribution is 2.22. The first kappa shape index (κ1) is 24.8. The molecule has 0 saturated carbocycles. The lowest BCUT2D eigenvalue weighted by atomic mass is 10.1. The van der Waals surface area contributed by atoms with Crippen molar-refractivity contribution in [2.45, 2.75) is 6.54 Å². The maximum absolute atomic E-state index is 12.0. The quantitative estimate of drug-likeness (QED) is 0.361. The van der Waals surface area contributed by atoms with Gasteiger partial charge in [-0.3, -0.25) is 9.79 Å². The van der Waals surface area contributed by atoms with Crippen LogP contribution in [0.15, 0.2) is 53.5 Å². The van der Waals surface area contributed by atoms with Crippen molar-refractivity contribution in [2.24, 2.45) is 4.99 Å². The van der Waals surface area contributed by atoms with E-state index in [1.54, 1.807) is 26.1 Å². The third kappa shape index (κ3) is 6.49. The summed E-state index contributed by atoms with van der Waals surface area (Å²) in [4.78, 5) is 22.7. The van der Waals surface area contributed by atoms with E-state index in [0.29, 0.717) is 12.1 Å². The molecular formula is C23H32IN5O2. The first-order valence-corrected chi connectivity index (χ1v) is 10.2. The molecule has 1 amide bonds. The molecule has 0 bridgehead atoms. The summed E-state index contributed by atoms with van der Waals surface area (Å²) in [6.45, 7) is 4.31. The summed E-state index contributed by atoms with van der Waals surface area (Å²) in [5.74, 6) is 1.79. The molecule has 7 nitrogen and oxygen atoms in total. The number of hydrogen-bond acceptors (Lipinski definition) is 4. The van der Waals surface area contributed by atoms with Gasteiger partial charge in [-0.1, -0.05) is 18.2 Å². The second kappa shape index (κ2) is 11.8. The van der Waals surface area contributed by atoms with Crippen LogP contribution in [0, 0.1) is 0 Å². The van der Waals surface area contributed by atoms with Crippen molar-refractivity contribution >= 4 is 41.5 Å². The van der Waals surface area contributed by atoms with Crippen LogP contribution < -0.4 is 15.0 Å². The van der Waals surface area contributed by atoms with E-state index in [1.807, 2.05) is 43.4 Å². The molecule has 3 rings (SSSR count). The van der Waals surface area contributed by atoms with Crippen LogP contribution in [0.1, 0.15) is 15.9 Å². The first-order chi connectivity index (χ1) is 14.5. The minimum absolute atomic E-state index is 0. The smallest absolute Gasteiger partial charge is 0.253 e. The molecule has 2 aromatic rings. The van der Waals surface area contributed by atoms with E-state index in [1.165, 1.54) is 5.69 Å². The van der Waals surface area contributed by atoms with Crippen molar-refractivity contribution in [3.8, 4) is 5.75 Å². The molecule has 31 heavy (non-hydrogen) atoms. The summed E-state index contributed by atoms with van der Waals surface area (Å²) < 4.78 is 5.34. The van der Waals surface area contributed by atoms with Gasteiger partial charge in [-0.15, -0.1) is 24.0 Å². The molecule has 1 heterocycles. The van der Waals surface area contributed by atoms with Crippen LogP contribution in [-0.2, 0) is 6.54 Å². The molecule has 1 aliphatic rings. The fraction of sp³-hybridized carbons (Fsp3) is 0.391. The maximum atomic E-state index is 12.0. The van der Waals surface area contributed by atoms with Gasteiger partial charge in [0.2, 0.25) is 0 Å². The van der Waals surface area contributed by atoms with Gasteiger partial charge < -0.3 is 24.8 Å². The minimum atomic E-state index is 0. The summed E-state index contributed by atoms with van der Waals surface area (Å²) in [5, 5.41) is 3.44. The van der Waals surface area contributed by atoms with Crippen molar-refractivity contribution < 1.29 is 9.53 Å². The molecule has 8 heteroatoms. The topological polar surface area (TPSA) is 60.4 Å². The van der Waals surface area contributed by atoms with E-state index in [4.69, 9.17) is 4.74 Å². The van der Waals surface area contributed by atoms with Gasteiger partial charge in [-0.05, 0) is 29.8 Å². The molecule has 0 unspecified atom stereocenters. The van der Waals surface area contributed by atoms with Crippen LogP contribution in [0.3, 0.4) is 0 Å². The average molecular weight is 537 g/mol. The lowest BCUT2D eigenvalue weighted by Gasteiger charge is -2.37. The fourth-order valence-electron chi connectivity index (χ4n) is 3.52. The van der Waals surface area contributed by atoms with E-state index < -0.39 is 0 Å². The van der Waals surface area contributed by atoms with Gasteiger partial charge in [-0.25, -0.2) is 0 Å². The third-order valence-electron chi connectivity index (χ3n) is 5.27. The number of benzene rings is 2. The van der Waals surface area contributed by atoms with Crippen molar-refractivity contribution in [2.75, 3.05) is 59.3 Å². The van der Waals surface area contributed by atoms with Crippen molar-refractivity contribution in [3.05, 3.63) is 59.7 Å². The average Bonchev–Trinajstić information content (AvgIpc) is 2.79. The molecule has 168 valence electrons. The summed E-state index contributed by atoms with van der Waals surface area (Å²) >= 11 is 0. The third-order valence-corrected chi connectivity index (χ3v) is 5.27. The van der Waals surface area contributed by atoms with Crippen LogP contribution in [-0.4, -0.2) is 76.1 Å². The molecule has 0 aromatic heterocycles. The Morgan fingerprint density at radius 2 is 1.77 bits per heavy atom. The van der Waals surface area contributed by atoms with E-state index in [2.05, 4.69) is 32.2 Å². The van der Waals surface area contributed by atoms with Crippen molar-refractivity contribution in [1.82, 2.24) is 15.1 Å². The molecule has 0 atom stereocenters. The Bertz CT molecular complexity index is 878. The van der Waals surface area contributed by atoms with E-state index in [-0.39, 0.29) is 29.9 Å². The lowest BCUT2D eigenvalue weighted by Crippen LogP contribution is -2.52. The summed E-state index contributed by atoms with van der Waals surface area (Å²) in [6, 6.07) is 15.9. The van der Waals surface area contributed by atoms with E-state index in [9.17, 15) is 4.79 Å². The number of carbonyl (C=O) groups excluding carboxylic acids is 1. The lowest BCUT2D eigenvalue weighted by molar-refractivity contribution is 0.0827. The molecule has 2 aromatic carbocycles. The Kier molecular flexibility index (Phi) is 9.42. The zero-order valence-electron chi connectivity index (χ0n) is 18.7. The summed E-state index contributed by atoms with van der Waals surface area (Å²) in [7, 11) is 7.03. The van der Waals surface area contributed by atoms with Gasteiger partial charge in [0.25, 0.3) is 5.91 Å². The predicted octanol–water partition coefficient (Wildman–Crippen LogP) is 2.91. The minimum Gasteiger partial charge on any atom is -0.497 e. The largest absolute Gasteiger partial charge is 0.497 e. The SMILES string of the molecule is CN=C(NCc1ccc(C(=O)N(C)C)cc1)N1CCN(c2cccc(OC)c2)CC1.I. The number of nitrogens with one attached hydrogen (secondary N) is 1. The standard InChI is InChI=1S/C23H31N5O2.HI/c1-24-23(25-17-18-8-10-19(11-9-18)22(29)26(2)3)28-14-12-27(13-15-28)20-6-5-7-21(16-20)30-4;/h5-11,16H,12-15,17H2,1-4H3,(H,24,25);1H. The number of nitrogens with zero attached hydrogens (tertiary/aromatic N) is 4. The number of methoxy groups -OCH3 is 1. The summed E-state index contributed by atoms with van der Waals surface area (Å²) in [5.41, 5.74) is 2.99. The highest BCUT2D eigenvalue weighted by Gasteiger charge is 2.20. The Balaban J connectivity index is 0.00000341. The zero-order chi connectivity index (χ0) is 21.5. The van der Waals surface area contributed by atoms with Crippen LogP contribution in [0.5, 0.6) is 5.75 Å². The second-order valence-corrected chi connectivity index (χ2v) is 7.47. The Labute approximate surface area is 202 Å². The van der Waals surface area contributed by atoms with Gasteiger partial charge in [0.05, 0.1) is 7.11 Å². The number of carbonyl (C=O) groups is 1. The molecule has 1 aliphatic heterocycles. The first-order valence-electron chi connectivity index (χ1n) is 10.2. The van der Waals surface area contributed by atoms with Crippen LogP contribution >= 0.6 is 24.0 Å². The second-order valence-electron chi connectivity index (χ2n) is 7.47. The van der Waals surface area contributed by atoms with Gasteiger partial charge >= 0.3 is 0 Å². The number of hydrogen-bond donors (Lipinski definition) is 1. The number of halogens is 1. The molecule has 1 saturated heterocycles. The molecular weight excluding hydrogens is 505 g/mol. The van der Waals surface area contributed by atoms with Crippen molar-refractivity contribution in [3.63, 3.8) is 0 Å². The van der Waals surface area contributed by atoms with Crippen LogP contribution in [0.2, 0.25) is 0 Å². The number of ether oxygens (including phenoxy) is 1. The number of aliphatic imine (C=N–C) groups is 1. The molecule has 1 N–H and O–H groups in total. The van der Waals surface area contributed by atoms with Gasteiger partial charge in [-0.2, -0.15) is 0 Å². The highest BCUT2D eigenvalue weighted by atomic mass is 127. The number of rotatable bonds is 5. The van der Waals surface area contributed by atoms with Crippen LogP contribution in [0.25, 0.3) is 0 Å². The van der Waals surface area contributed by atoms with E-state index >= 15 is 0 Å². The Hall–Kier alpha value is -2.49.